The van der Waals surface area contributed by atoms with Crippen molar-refractivity contribution < 1.29 is 23.9 Å². The summed E-state index contributed by atoms with van der Waals surface area (Å²) < 4.78 is 9.50. The average molecular weight is 230 g/mol. The fraction of sp³-hybridized carbons (Fsp3) is 0.727. The number of hydrogen-bond donors (Lipinski definition) is 0. The van der Waals surface area contributed by atoms with Crippen molar-refractivity contribution in [1.29, 1.82) is 0 Å². The topological polar surface area (TPSA) is 69.7 Å². The highest BCUT2D eigenvalue weighted by Gasteiger charge is 2.18. The highest BCUT2D eigenvalue weighted by molar-refractivity contribution is 6.33. The molecule has 0 rings (SSSR count). The van der Waals surface area contributed by atoms with Crippen LogP contribution < -0.4 is 0 Å². The van der Waals surface area contributed by atoms with Crippen molar-refractivity contribution in [3.8, 4) is 0 Å². The van der Waals surface area contributed by atoms with E-state index in [1.165, 1.54) is 0 Å². The van der Waals surface area contributed by atoms with E-state index in [1.54, 1.807) is 27.7 Å². The fourth-order valence-electron chi connectivity index (χ4n) is 0.919. The van der Waals surface area contributed by atoms with E-state index in [2.05, 4.69) is 4.74 Å². The van der Waals surface area contributed by atoms with Gasteiger partial charge in [0.2, 0.25) is 5.78 Å². The quantitative estimate of drug-likeness (QED) is 0.507. The number of rotatable bonds is 6. The standard InChI is InChI=1S/C11H18O5/c1-7(2)15-10(13)6-5-9(12)11(14)16-8(3)4/h7-8H,5-6H2,1-4H3. The third kappa shape index (κ3) is 6.98. The first-order valence-corrected chi connectivity index (χ1v) is 5.26. The van der Waals surface area contributed by atoms with E-state index in [1.807, 2.05) is 0 Å². The third-order valence-corrected chi connectivity index (χ3v) is 1.49. The Labute approximate surface area is 95.1 Å². The minimum Gasteiger partial charge on any atom is -0.463 e. The Balaban J connectivity index is 3.89. The van der Waals surface area contributed by atoms with Crippen LogP contribution in [0.5, 0.6) is 0 Å². The molecule has 0 bridgehead atoms. The summed E-state index contributed by atoms with van der Waals surface area (Å²) in [5.41, 5.74) is 0. The average Bonchev–Trinajstić information content (AvgIpc) is 2.11. The van der Waals surface area contributed by atoms with Crippen molar-refractivity contribution in [1.82, 2.24) is 0 Å². The molecule has 0 aliphatic rings. The minimum atomic E-state index is -0.896. The second-order valence-corrected chi connectivity index (χ2v) is 3.92. The summed E-state index contributed by atoms with van der Waals surface area (Å²) in [5.74, 6) is -2.08. The van der Waals surface area contributed by atoms with Crippen molar-refractivity contribution in [3.05, 3.63) is 0 Å². The van der Waals surface area contributed by atoms with E-state index in [4.69, 9.17) is 4.74 Å². The molecule has 0 aromatic heterocycles. The van der Waals surface area contributed by atoms with Crippen LogP contribution >= 0.6 is 0 Å². The Morgan fingerprint density at radius 1 is 0.875 bits per heavy atom. The summed E-state index contributed by atoms with van der Waals surface area (Å²) in [6, 6.07) is 0. The second kappa shape index (κ2) is 6.98. The van der Waals surface area contributed by atoms with Gasteiger partial charge in [-0.3, -0.25) is 9.59 Å². The smallest absolute Gasteiger partial charge is 0.374 e. The summed E-state index contributed by atoms with van der Waals surface area (Å²) in [6.45, 7) is 6.73. The molecule has 0 heterocycles. The first-order valence-electron chi connectivity index (χ1n) is 5.26. The summed E-state index contributed by atoms with van der Waals surface area (Å²) in [6.07, 6.45) is -0.814. The lowest BCUT2D eigenvalue weighted by Gasteiger charge is -2.08. The van der Waals surface area contributed by atoms with E-state index in [-0.39, 0.29) is 25.0 Å². The van der Waals surface area contributed by atoms with E-state index in [9.17, 15) is 14.4 Å². The monoisotopic (exact) mass is 230 g/mol. The van der Waals surface area contributed by atoms with Crippen LogP contribution in [0.4, 0.5) is 0 Å². The van der Waals surface area contributed by atoms with Crippen molar-refractivity contribution in [3.63, 3.8) is 0 Å². The van der Waals surface area contributed by atoms with Crippen molar-refractivity contribution in [2.45, 2.75) is 52.7 Å². The Morgan fingerprint density at radius 2 is 1.38 bits per heavy atom. The van der Waals surface area contributed by atoms with Crippen molar-refractivity contribution in [2.24, 2.45) is 0 Å². The zero-order chi connectivity index (χ0) is 12.7. The van der Waals surface area contributed by atoms with E-state index < -0.39 is 17.7 Å². The lowest BCUT2D eigenvalue weighted by Crippen LogP contribution is -2.22. The van der Waals surface area contributed by atoms with Crippen LogP contribution in [-0.2, 0) is 23.9 Å². The zero-order valence-electron chi connectivity index (χ0n) is 10.1. The van der Waals surface area contributed by atoms with E-state index >= 15 is 0 Å². The summed E-state index contributed by atoms with van der Waals surface area (Å²) >= 11 is 0. The van der Waals surface area contributed by atoms with Crippen LogP contribution in [0.3, 0.4) is 0 Å². The summed E-state index contributed by atoms with van der Waals surface area (Å²) in [5, 5.41) is 0. The van der Waals surface area contributed by atoms with Gasteiger partial charge in [0.05, 0.1) is 18.6 Å². The van der Waals surface area contributed by atoms with E-state index in [0.717, 1.165) is 0 Å². The molecule has 5 heteroatoms. The van der Waals surface area contributed by atoms with Crippen LogP contribution in [0.1, 0.15) is 40.5 Å². The number of ketones is 1. The predicted octanol–water partition coefficient (Wildman–Crippen LogP) is 1.24. The first-order chi connectivity index (χ1) is 7.32. The van der Waals surface area contributed by atoms with Gasteiger partial charge in [0.15, 0.2) is 0 Å². The maximum Gasteiger partial charge on any atom is 0.374 e. The molecule has 0 unspecified atom stereocenters. The minimum absolute atomic E-state index is 0.0930. The zero-order valence-corrected chi connectivity index (χ0v) is 10.1. The Bertz CT molecular complexity index is 268. The van der Waals surface area contributed by atoms with Gasteiger partial charge in [0.25, 0.3) is 0 Å². The molecule has 0 N–H and O–H groups in total. The molecule has 16 heavy (non-hydrogen) atoms. The molecule has 0 spiro atoms. The number of hydrogen-bond acceptors (Lipinski definition) is 5. The van der Waals surface area contributed by atoms with Crippen molar-refractivity contribution in [2.75, 3.05) is 0 Å². The molecular formula is C11H18O5. The van der Waals surface area contributed by atoms with Crippen LogP contribution in [-0.4, -0.2) is 29.9 Å². The van der Waals surface area contributed by atoms with Gasteiger partial charge in [0, 0.05) is 6.42 Å². The molecule has 0 saturated carbocycles. The Morgan fingerprint density at radius 3 is 1.81 bits per heavy atom. The summed E-state index contributed by atoms with van der Waals surface area (Å²) in [7, 11) is 0. The molecule has 92 valence electrons. The van der Waals surface area contributed by atoms with Crippen LogP contribution in [0.2, 0.25) is 0 Å². The van der Waals surface area contributed by atoms with Gasteiger partial charge in [-0.2, -0.15) is 0 Å². The Hall–Kier alpha value is -1.39. The molecule has 0 aromatic carbocycles. The molecule has 0 radical (unpaired) electrons. The molecule has 0 aromatic rings. The van der Waals surface area contributed by atoms with Crippen molar-refractivity contribution >= 4 is 17.7 Å². The molecule has 5 nitrogen and oxygen atoms in total. The largest absolute Gasteiger partial charge is 0.463 e. The first kappa shape index (κ1) is 14.6. The molecule has 0 aliphatic heterocycles. The number of esters is 2. The van der Waals surface area contributed by atoms with Gasteiger partial charge < -0.3 is 9.47 Å². The van der Waals surface area contributed by atoms with Crippen LogP contribution in [0.15, 0.2) is 0 Å². The lowest BCUT2D eigenvalue weighted by atomic mass is 10.2. The van der Waals surface area contributed by atoms with Gasteiger partial charge >= 0.3 is 11.9 Å². The van der Waals surface area contributed by atoms with Crippen LogP contribution in [0.25, 0.3) is 0 Å². The van der Waals surface area contributed by atoms with Gasteiger partial charge in [-0.05, 0) is 27.7 Å². The summed E-state index contributed by atoms with van der Waals surface area (Å²) in [4.78, 5) is 33.3. The molecule has 0 saturated heterocycles. The molecule has 0 amide bonds. The Kier molecular flexibility index (Phi) is 6.37. The van der Waals surface area contributed by atoms with Gasteiger partial charge in [-0.25, -0.2) is 4.79 Å². The maximum absolute atomic E-state index is 11.2. The lowest BCUT2D eigenvalue weighted by molar-refractivity contribution is -0.157. The normalized spacial score (nSPS) is 10.4. The number of ether oxygens (including phenoxy) is 2. The molecule has 0 atom stereocenters. The maximum atomic E-state index is 11.2. The number of carbonyl (C=O) groups is 3. The predicted molar refractivity (Wildman–Crippen MR) is 56.7 cm³/mol. The molecule has 0 fully saturated rings. The molecule has 0 aliphatic carbocycles. The number of Topliss-reactive ketones (excluding diaryl/α,β-unsaturated/α-hetero) is 1. The highest BCUT2D eigenvalue weighted by Crippen LogP contribution is 2.00. The second-order valence-electron chi connectivity index (χ2n) is 3.92. The van der Waals surface area contributed by atoms with Gasteiger partial charge in [-0.15, -0.1) is 0 Å². The SMILES string of the molecule is CC(C)OC(=O)CCC(=O)C(=O)OC(C)C. The van der Waals surface area contributed by atoms with E-state index in [0.29, 0.717) is 0 Å². The van der Waals surface area contributed by atoms with Gasteiger partial charge in [0.1, 0.15) is 0 Å². The highest BCUT2D eigenvalue weighted by atomic mass is 16.5. The third-order valence-electron chi connectivity index (χ3n) is 1.49. The number of carbonyl (C=O) groups excluding carboxylic acids is 3. The molecular weight excluding hydrogens is 212 g/mol. The van der Waals surface area contributed by atoms with Crippen LogP contribution in [0, 0.1) is 0 Å². The van der Waals surface area contributed by atoms with Gasteiger partial charge in [-0.1, -0.05) is 0 Å². The fourth-order valence-corrected chi connectivity index (χ4v) is 0.919.